The van der Waals surface area contributed by atoms with E-state index in [4.69, 9.17) is 0 Å². The number of urea groups is 1. The molecule has 1 saturated heterocycles. The summed E-state index contributed by atoms with van der Waals surface area (Å²) in [7, 11) is 0. The minimum Gasteiger partial charge on any atom is -0.332 e. The van der Waals surface area contributed by atoms with Crippen LogP contribution in [-0.2, 0) is 20.6 Å². The van der Waals surface area contributed by atoms with Crippen LogP contribution in [0.2, 0.25) is 0 Å². The fourth-order valence-corrected chi connectivity index (χ4v) is 5.46. The van der Waals surface area contributed by atoms with Crippen LogP contribution in [0.3, 0.4) is 0 Å². The van der Waals surface area contributed by atoms with Crippen molar-refractivity contribution < 1.29 is 32.3 Å². The van der Waals surface area contributed by atoms with E-state index in [2.05, 4.69) is 10.6 Å². The minimum absolute atomic E-state index is 0.0615. The van der Waals surface area contributed by atoms with Crippen LogP contribution >= 0.6 is 0 Å². The van der Waals surface area contributed by atoms with Gasteiger partial charge >= 0.3 is 12.2 Å². The molecule has 2 N–H and O–H groups in total. The van der Waals surface area contributed by atoms with Crippen LogP contribution in [0.15, 0.2) is 24.3 Å². The Morgan fingerprint density at radius 3 is 2.46 bits per heavy atom. The smallest absolute Gasteiger partial charge is 0.332 e. The first-order valence-electron chi connectivity index (χ1n) is 11.6. The van der Waals surface area contributed by atoms with Gasteiger partial charge in [0.25, 0.3) is 5.91 Å². The van der Waals surface area contributed by atoms with E-state index in [1.165, 1.54) is 12.1 Å². The number of halogens is 3. The Bertz CT molecular complexity index is 1030. The number of rotatable bonds is 6. The molecule has 1 aliphatic carbocycles. The number of benzene rings is 1. The second-order valence-corrected chi connectivity index (χ2v) is 10.3. The number of para-hydroxylation sites is 1. The average molecular weight is 497 g/mol. The molecule has 2 fully saturated rings. The Hall–Kier alpha value is -3.11. The predicted molar refractivity (Wildman–Crippen MR) is 122 cm³/mol. The number of nitrogens with zero attached hydrogens (tertiary/aromatic N) is 2. The van der Waals surface area contributed by atoms with E-state index in [-0.39, 0.29) is 17.9 Å². The molecular weight excluding hydrogens is 465 g/mol. The number of anilines is 1. The highest BCUT2D eigenvalue weighted by molar-refractivity contribution is 6.09. The summed E-state index contributed by atoms with van der Waals surface area (Å²) in [4.78, 5) is 53.2. The molecule has 1 spiro atoms. The van der Waals surface area contributed by atoms with Gasteiger partial charge in [-0.05, 0) is 49.7 Å². The molecule has 1 heterocycles. The lowest BCUT2D eigenvalue weighted by Gasteiger charge is -2.43. The Kier molecular flexibility index (Phi) is 7.19. The second-order valence-electron chi connectivity index (χ2n) is 10.3. The standard InChI is InChI=1S/C24H31F3N4O4/c1-5-30(12-18(32)28-17-9-7-6-8-16(17)24(25,26)27)19(33)13-31-20(34)23(29-21(31)35)11-15(2)10-22(3,4)14-23/h6-9,15H,5,10-14H2,1-4H3,(H,28,32)(H,29,35)/t15-,23-/m1/s1. The van der Waals surface area contributed by atoms with Gasteiger partial charge in [0, 0.05) is 6.54 Å². The Morgan fingerprint density at radius 1 is 1.20 bits per heavy atom. The third-order valence-electron chi connectivity index (χ3n) is 6.49. The summed E-state index contributed by atoms with van der Waals surface area (Å²) < 4.78 is 39.6. The van der Waals surface area contributed by atoms with Crippen molar-refractivity contribution in [3.8, 4) is 0 Å². The van der Waals surface area contributed by atoms with Gasteiger partial charge in [-0.15, -0.1) is 0 Å². The van der Waals surface area contributed by atoms with Gasteiger partial charge in [0.2, 0.25) is 11.8 Å². The maximum absolute atomic E-state index is 13.3. The molecule has 5 amide bonds. The SMILES string of the molecule is CCN(CC(=O)Nc1ccccc1C(F)(F)F)C(=O)CN1C(=O)N[C@@]2(C[C@H](C)CC(C)(C)C2)C1=O. The van der Waals surface area contributed by atoms with E-state index in [1.54, 1.807) is 6.92 Å². The van der Waals surface area contributed by atoms with Crippen LogP contribution in [0.1, 0.15) is 52.5 Å². The van der Waals surface area contributed by atoms with Gasteiger partial charge in [-0.2, -0.15) is 13.2 Å². The molecule has 192 valence electrons. The molecule has 0 aromatic heterocycles. The van der Waals surface area contributed by atoms with Crippen molar-refractivity contribution >= 4 is 29.4 Å². The quantitative estimate of drug-likeness (QED) is 0.588. The van der Waals surface area contributed by atoms with Crippen LogP contribution < -0.4 is 10.6 Å². The third-order valence-corrected chi connectivity index (χ3v) is 6.49. The van der Waals surface area contributed by atoms with Crippen molar-refractivity contribution in [2.75, 3.05) is 25.0 Å². The van der Waals surface area contributed by atoms with E-state index in [0.717, 1.165) is 28.4 Å². The molecule has 0 radical (unpaired) electrons. The first-order chi connectivity index (χ1) is 16.2. The third kappa shape index (κ3) is 5.76. The van der Waals surface area contributed by atoms with Crippen molar-refractivity contribution in [2.45, 2.75) is 58.7 Å². The van der Waals surface area contributed by atoms with E-state index in [1.807, 2.05) is 20.8 Å². The predicted octanol–water partition coefficient (Wildman–Crippen LogP) is 3.63. The van der Waals surface area contributed by atoms with Crippen LogP contribution in [0.25, 0.3) is 0 Å². The van der Waals surface area contributed by atoms with Crippen molar-refractivity contribution in [1.82, 2.24) is 15.1 Å². The molecule has 1 aromatic carbocycles. The minimum atomic E-state index is -4.66. The fraction of sp³-hybridized carbons (Fsp3) is 0.583. The monoisotopic (exact) mass is 496 g/mol. The number of hydrogen-bond acceptors (Lipinski definition) is 4. The van der Waals surface area contributed by atoms with Gasteiger partial charge in [-0.1, -0.05) is 32.9 Å². The highest BCUT2D eigenvalue weighted by Crippen LogP contribution is 2.46. The fourth-order valence-electron chi connectivity index (χ4n) is 5.46. The molecule has 1 saturated carbocycles. The molecule has 8 nitrogen and oxygen atoms in total. The normalized spacial score (nSPS) is 23.9. The van der Waals surface area contributed by atoms with Gasteiger partial charge in [-0.25, -0.2) is 4.79 Å². The molecule has 3 rings (SSSR count). The molecular formula is C24H31F3N4O4. The summed E-state index contributed by atoms with van der Waals surface area (Å²) in [5.41, 5.74) is -2.65. The number of nitrogens with one attached hydrogen (secondary N) is 2. The number of alkyl halides is 3. The van der Waals surface area contributed by atoms with Crippen LogP contribution in [0, 0.1) is 11.3 Å². The average Bonchev–Trinajstić information content (AvgIpc) is 2.93. The van der Waals surface area contributed by atoms with Gasteiger partial charge in [0.05, 0.1) is 17.8 Å². The number of carbonyl (C=O) groups is 4. The largest absolute Gasteiger partial charge is 0.418 e. The molecule has 0 unspecified atom stereocenters. The van der Waals surface area contributed by atoms with Crippen LogP contribution in [0.5, 0.6) is 0 Å². The number of likely N-dealkylation sites (N-methyl/N-ethyl adjacent to an activating group) is 1. The first kappa shape index (κ1) is 26.5. The van der Waals surface area contributed by atoms with Crippen molar-refractivity contribution in [2.24, 2.45) is 11.3 Å². The number of amides is 5. The summed E-state index contributed by atoms with van der Waals surface area (Å²) in [6.45, 7) is 6.66. The summed E-state index contributed by atoms with van der Waals surface area (Å²) in [6, 6.07) is 3.87. The summed E-state index contributed by atoms with van der Waals surface area (Å²) in [6.07, 6.45) is -2.82. The summed E-state index contributed by atoms with van der Waals surface area (Å²) in [5, 5.41) is 4.99. The molecule has 1 aliphatic heterocycles. The lowest BCUT2D eigenvalue weighted by molar-refractivity contribution is -0.141. The second kappa shape index (κ2) is 9.50. The molecule has 2 atom stereocenters. The van der Waals surface area contributed by atoms with Gasteiger partial charge in [0.1, 0.15) is 12.1 Å². The maximum atomic E-state index is 13.3. The zero-order chi connectivity index (χ0) is 26.2. The number of imide groups is 1. The highest BCUT2D eigenvalue weighted by Gasteiger charge is 2.56. The van der Waals surface area contributed by atoms with E-state index in [0.29, 0.717) is 12.8 Å². The molecule has 2 aliphatic rings. The first-order valence-corrected chi connectivity index (χ1v) is 11.6. The Balaban J connectivity index is 1.67. The van der Waals surface area contributed by atoms with E-state index >= 15 is 0 Å². The molecule has 1 aromatic rings. The van der Waals surface area contributed by atoms with Gasteiger partial charge < -0.3 is 15.5 Å². The zero-order valence-electron chi connectivity index (χ0n) is 20.3. The molecule has 35 heavy (non-hydrogen) atoms. The van der Waals surface area contributed by atoms with Crippen LogP contribution in [0.4, 0.5) is 23.7 Å². The van der Waals surface area contributed by atoms with Gasteiger partial charge in [-0.3, -0.25) is 19.3 Å². The van der Waals surface area contributed by atoms with E-state index < -0.39 is 59.8 Å². The zero-order valence-corrected chi connectivity index (χ0v) is 20.3. The van der Waals surface area contributed by atoms with Gasteiger partial charge in [0.15, 0.2) is 0 Å². The highest BCUT2D eigenvalue weighted by atomic mass is 19.4. The number of hydrogen-bond donors (Lipinski definition) is 2. The molecule has 0 bridgehead atoms. The molecule has 11 heteroatoms. The number of carbonyl (C=O) groups excluding carboxylic acids is 4. The lowest BCUT2D eigenvalue weighted by Crippen LogP contribution is -2.54. The topological polar surface area (TPSA) is 98.8 Å². The Morgan fingerprint density at radius 2 is 1.86 bits per heavy atom. The Labute approximate surface area is 202 Å². The van der Waals surface area contributed by atoms with E-state index in [9.17, 15) is 32.3 Å². The van der Waals surface area contributed by atoms with Crippen molar-refractivity contribution in [1.29, 1.82) is 0 Å². The summed E-state index contributed by atoms with van der Waals surface area (Å²) in [5.74, 6) is -1.74. The maximum Gasteiger partial charge on any atom is 0.418 e. The lowest BCUT2D eigenvalue weighted by atomic mass is 9.64. The van der Waals surface area contributed by atoms with Crippen molar-refractivity contribution in [3.63, 3.8) is 0 Å². The van der Waals surface area contributed by atoms with Crippen molar-refractivity contribution in [3.05, 3.63) is 29.8 Å². The van der Waals surface area contributed by atoms with Crippen LogP contribution in [-0.4, -0.2) is 58.7 Å². The summed E-state index contributed by atoms with van der Waals surface area (Å²) >= 11 is 0.